The van der Waals surface area contributed by atoms with Crippen molar-refractivity contribution < 1.29 is 4.79 Å². The molecular weight excluding hydrogens is 414 g/mol. The minimum Gasteiger partial charge on any atom is -0.362 e. The Labute approximate surface area is 174 Å². The van der Waals surface area contributed by atoms with Crippen molar-refractivity contribution in [3.63, 3.8) is 0 Å². The first-order valence-electron chi connectivity index (χ1n) is 7.97. The molecule has 0 fully saturated rings. The van der Waals surface area contributed by atoms with Gasteiger partial charge in [-0.1, -0.05) is 79.3 Å². The van der Waals surface area contributed by atoms with Gasteiger partial charge in [0.2, 0.25) is 3.79 Å². The molecule has 0 aliphatic heterocycles. The van der Waals surface area contributed by atoms with Gasteiger partial charge in [0.05, 0.1) is 0 Å². The lowest BCUT2D eigenvalue weighted by molar-refractivity contribution is 0.0942. The van der Waals surface area contributed by atoms with Crippen LogP contribution in [0.3, 0.4) is 0 Å². The van der Waals surface area contributed by atoms with E-state index < -0.39 is 9.96 Å². The molecular formula is C19H20Cl4N2O. The van der Waals surface area contributed by atoms with Gasteiger partial charge in [0.1, 0.15) is 6.17 Å². The molecule has 0 aromatic heterocycles. The Balaban J connectivity index is 2.15. The largest absolute Gasteiger partial charge is 0.362 e. The normalized spacial score (nSPS) is 13.2. The van der Waals surface area contributed by atoms with E-state index in [2.05, 4.69) is 31.4 Å². The van der Waals surface area contributed by atoms with Crippen molar-refractivity contribution in [1.82, 2.24) is 5.32 Å². The summed E-state index contributed by atoms with van der Waals surface area (Å²) in [5.41, 5.74) is 2.28. The van der Waals surface area contributed by atoms with E-state index in [1.165, 1.54) is 0 Å². The molecule has 1 amide bonds. The van der Waals surface area contributed by atoms with Crippen LogP contribution in [0.2, 0.25) is 5.02 Å². The van der Waals surface area contributed by atoms with Crippen LogP contribution in [0.25, 0.3) is 0 Å². The number of carbonyl (C=O) groups excluding carboxylic acids is 1. The highest BCUT2D eigenvalue weighted by atomic mass is 35.6. The zero-order valence-electron chi connectivity index (χ0n) is 14.6. The summed E-state index contributed by atoms with van der Waals surface area (Å²) >= 11 is 23.9. The summed E-state index contributed by atoms with van der Waals surface area (Å²) < 4.78 is -1.75. The van der Waals surface area contributed by atoms with Gasteiger partial charge in [0.25, 0.3) is 5.91 Å². The van der Waals surface area contributed by atoms with Gasteiger partial charge in [0.15, 0.2) is 0 Å². The predicted molar refractivity (Wildman–Crippen MR) is 112 cm³/mol. The fraction of sp³-hybridized carbons (Fsp3) is 0.316. The molecule has 0 unspecified atom stereocenters. The van der Waals surface area contributed by atoms with E-state index in [1.807, 2.05) is 12.1 Å². The van der Waals surface area contributed by atoms with Gasteiger partial charge in [0, 0.05) is 16.3 Å². The monoisotopic (exact) mass is 432 g/mol. The van der Waals surface area contributed by atoms with Crippen molar-refractivity contribution in [3.05, 3.63) is 64.7 Å². The number of halogens is 4. The van der Waals surface area contributed by atoms with Crippen molar-refractivity contribution in [2.75, 3.05) is 5.32 Å². The van der Waals surface area contributed by atoms with Crippen LogP contribution < -0.4 is 10.6 Å². The molecule has 1 atom stereocenters. The first-order valence-corrected chi connectivity index (χ1v) is 9.48. The van der Waals surface area contributed by atoms with E-state index in [1.54, 1.807) is 36.4 Å². The Morgan fingerprint density at radius 1 is 0.923 bits per heavy atom. The van der Waals surface area contributed by atoms with Crippen LogP contribution in [-0.4, -0.2) is 15.9 Å². The maximum atomic E-state index is 12.6. The molecule has 2 rings (SSSR count). The molecule has 0 spiro atoms. The molecule has 3 nitrogen and oxygen atoms in total. The van der Waals surface area contributed by atoms with Gasteiger partial charge in [-0.15, -0.1) is 0 Å². The van der Waals surface area contributed by atoms with Crippen LogP contribution >= 0.6 is 46.4 Å². The molecule has 2 aromatic rings. The number of amides is 1. The SMILES string of the molecule is CC(C)(C)c1ccc(C(=O)N[C@@H](Nc2ccc(Cl)cc2)C(Cl)(Cl)Cl)cc1. The van der Waals surface area contributed by atoms with Gasteiger partial charge in [-0.25, -0.2) is 0 Å². The highest BCUT2D eigenvalue weighted by Gasteiger charge is 2.34. The maximum Gasteiger partial charge on any atom is 0.252 e. The first-order chi connectivity index (χ1) is 12.0. The summed E-state index contributed by atoms with van der Waals surface area (Å²) in [6, 6.07) is 14.2. The van der Waals surface area contributed by atoms with Crippen LogP contribution in [0.1, 0.15) is 36.7 Å². The van der Waals surface area contributed by atoms with E-state index in [4.69, 9.17) is 46.4 Å². The van der Waals surface area contributed by atoms with Crippen LogP contribution in [0.5, 0.6) is 0 Å². The minimum atomic E-state index is -1.75. The molecule has 7 heteroatoms. The summed E-state index contributed by atoms with van der Waals surface area (Å²) in [5, 5.41) is 6.30. The number of carbonyl (C=O) groups is 1. The van der Waals surface area contributed by atoms with E-state index in [0.29, 0.717) is 16.3 Å². The van der Waals surface area contributed by atoms with Crippen LogP contribution in [0.15, 0.2) is 48.5 Å². The second kappa shape index (κ2) is 8.26. The molecule has 0 heterocycles. The lowest BCUT2D eigenvalue weighted by Crippen LogP contribution is -2.49. The molecule has 0 aliphatic carbocycles. The fourth-order valence-electron chi connectivity index (χ4n) is 2.25. The third-order valence-electron chi connectivity index (χ3n) is 3.77. The Kier molecular flexibility index (Phi) is 6.73. The topological polar surface area (TPSA) is 41.1 Å². The molecule has 26 heavy (non-hydrogen) atoms. The quantitative estimate of drug-likeness (QED) is 0.446. The van der Waals surface area contributed by atoms with Crippen molar-refractivity contribution in [1.29, 1.82) is 0 Å². The molecule has 2 aromatic carbocycles. The van der Waals surface area contributed by atoms with Crippen LogP contribution in [0.4, 0.5) is 5.69 Å². The van der Waals surface area contributed by atoms with Crippen molar-refractivity contribution in [3.8, 4) is 0 Å². The number of benzene rings is 2. The third kappa shape index (κ3) is 5.95. The maximum absolute atomic E-state index is 12.6. The molecule has 0 bridgehead atoms. The summed E-state index contributed by atoms with van der Waals surface area (Å²) in [6.07, 6.45) is -0.927. The molecule has 0 aliphatic rings. The van der Waals surface area contributed by atoms with Crippen molar-refractivity contribution in [2.45, 2.75) is 36.1 Å². The van der Waals surface area contributed by atoms with Gasteiger partial charge < -0.3 is 10.6 Å². The number of alkyl halides is 3. The second-order valence-corrected chi connectivity index (χ2v) is 9.73. The summed E-state index contributed by atoms with van der Waals surface area (Å²) in [5.74, 6) is -0.344. The third-order valence-corrected chi connectivity index (χ3v) is 4.68. The molecule has 0 saturated heterocycles. The predicted octanol–water partition coefficient (Wildman–Crippen LogP) is 6.18. The number of nitrogens with one attached hydrogen (secondary N) is 2. The molecule has 0 saturated carbocycles. The average molecular weight is 434 g/mol. The van der Waals surface area contributed by atoms with Gasteiger partial charge in [-0.2, -0.15) is 0 Å². The Bertz CT molecular complexity index is 747. The van der Waals surface area contributed by atoms with E-state index >= 15 is 0 Å². The zero-order chi connectivity index (χ0) is 19.5. The van der Waals surface area contributed by atoms with E-state index in [0.717, 1.165) is 5.56 Å². The lowest BCUT2D eigenvalue weighted by Gasteiger charge is -2.27. The summed E-state index contributed by atoms with van der Waals surface area (Å²) in [4.78, 5) is 12.6. The average Bonchev–Trinajstić information content (AvgIpc) is 2.54. The molecule has 0 radical (unpaired) electrons. The standard InChI is InChI=1S/C19H20Cl4N2O/c1-18(2,3)13-6-4-12(5-7-13)16(26)25-17(19(21,22)23)24-15-10-8-14(20)9-11-15/h4-11,17,24H,1-3H3,(H,25,26)/t17-/m1/s1. The van der Waals surface area contributed by atoms with E-state index in [-0.39, 0.29) is 11.3 Å². The van der Waals surface area contributed by atoms with E-state index in [9.17, 15) is 4.79 Å². The molecule has 140 valence electrons. The fourth-order valence-corrected chi connectivity index (χ4v) is 2.70. The molecule has 2 N–H and O–H groups in total. The highest BCUT2D eigenvalue weighted by Crippen LogP contribution is 2.31. The minimum absolute atomic E-state index is 0.00521. The number of anilines is 1. The highest BCUT2D eigenvalue weighted by molar-refractivity contribution is 6.68. The van der Waals surface area contributed by atoms with Crippen LogP contribution in [0, 0.1) is 0 Å². The van der Waals surface area contributed by atoms with Crippen molar-refractivity contribution >= 4 is 58.0 Å². The summed E-state index contributed by atoms with van der Waals surface area (Å²) in [6.45, 7) is 6.32. The number of hydrogen-bond donors (Lipinski definition) is 2. The van der Waals surface area contributed by atoms with Gasteiger partial charge in [-0.3, -0.25) is 4.79 Å². The van der Waals surface area contributed by atoms with Gasteiger partial charge in [-0.05, 0) is 47.4 Å². The number of hydrogen-bond acceptors (Lipinski definition) is 2. The van der Waals surface area contributed by atoms with Crippen molar-refractivity contribution in [2.24, 2.45) is 0 Å². The second-order valence-electron chi connectivity index (χ2n) is 6.93. The van der Waals surface area contributed by atoms with Gasteiger partial charge >= 0.3 is 0 Å². The zero-order valence-corrected chi connectivity index (χ0v) is 17.6. The summed E-state index contributed by atoms with van der Waals surface area (Å²) in [7, 11) is 0. The first kappa shape index (κ1) is 21.2. The Hall–Kier alpha value is -1.13. The smallest absolute Gasteiger partial charge is 0.252 e. The number of rotatable bonds is 4. The Morgan fingerprint density at radius 3 is 1.92 bits per heavy atom. The van der Waals surface area contributed by atoms with Crippen LogP contribution in [-0.2, 0) is 5.41 Å². The lowest BCUT2D eigenvalue weighted by atomic mass is 9.87. The Morgan fingerprint density at radius 2 is 1.46 bits per heavy atom.